The van der Waals surface area contributed by atoms with Crippen LogP contribution in [0.2, 0.25) is 0 Å². The van der Waals surface area contributed by atoms with E-state index in [-0.39, 0.29) is 6.04 Å². The molecule has 3 N–H and O–H groups in total. The van der Waals surface area contributed by atoms with Crippen LogP contribution < -0.4 is 11.3 Å². The quantitative estimate of drug-likeness (QED) is 0.312. The molecule has 0 saturated heterocycles. The minimum absolute atomic E-state index is 0.00222. The normalized spacial score (nSPS) is 13.1. The maximum Gasteiger partial charge on any atom is 0.0827 e. The summed E-state index contributed by atoms with van der Waals surface area (Å²) in [7, 11) is 4.01. The molecule has 0 aromatic carbocycles. The van der Waals surface area contributed by atoms with Crippen molar-refractivity contribution in [1.29, 1.82) is 0 Å². The Balaban J connectivity index is 3.38. The molecular weight excluding hydrogens is 126 g/mol. The molecule has 10 heavy (non-hydrogen) atoms. The largest absolute Gasteiger partial charge is 0.309 e. The molecule has 0 fully saturated rings. The number of hydrazine groups is 1. The van der Waals surface area contributed by atoms with Crippen LogP contribution in [0.5, 0.6) is 0 Å². The van der Waals surface area contributed by atoms with Gasteiger partial charge < -0.3 is 4.90 Å². The molecule has 0 saturated carbocycles. The van der Waals surface area contributed by atoms with Crippen LogP contribution in [0.4, 0.5) is 0 Å². The third-order valence-corrected chi connectivity index (χ3v) is 1.27. The SMILES string of the molecule is C#CC(CCN(C)C)NN. The van der Waals surface area contributed by atoms with E-state index in [1.165, 1.54) is 0 Å². The van der Waals surface area contributed by atoms with Gasteiger partial charge >= 0.3 is 0 Å². The Hall–Kier alpha value is -0.560. The molecule has 1 unspecified atom stereocenters. The van der Waals surface area contributed by atoms with Crippen molar-refractivity contribution >= 4 is 0 Å². The molecule has 0 aliphatic carbocycles. The molecule has 58 valence electrons. The molecule has 0 spiro atoms. The van der Waals surface area contributed by atoms with Gasteiger partial charge in [0.1, 0.15) is 0 Å². The van der Waals surface area contributed by atoms with E-state index in [2.05, 4.69) is 16.2 Å². The predicted octanol–water partition coefficient (Wildman–Crippen LogP) is -0.597. The first kappa shape index (κ1) is 9.44. The van der Waals surface area contributed by atoms with E-state index in [1.54, 1.807) is 0 Å². The number of rotatable bonds is 4. The second-order valence-electron chi connectivity index (χ2n) is 2.48. The monoisotopic (exact) mass is 141 g/mol. The highest BCUT2D eigenvalue weighted by Gasteiger charge is 2.00. The van der Waals surface area contributed by atoms with Gasteiger partial charge in [-0.2, -0.15) is 0 Å². The first-order valence-corrected chi connectivity index (χ1v) is 3.27. The molecule has 0 amide bonds. The van der Waals surface area contributed by atoms with Gasteiger partial charge in [-0.05, 0) is 27.1 Å². The zero-order chi connectivity index (χ0) is 7.98. The van der Waals surface area contributed by atoms with Gasteiger partial charge in [-0.1, -0.05) is 5.92 Å². The summed E-state index contributed by atoms with van der Waals surface area (Å²) in [5.41, 5.74) is 2.54. The number of nitrogens with one attached hydrogen (secondary N) is 1. The smallest absolute Gasteiger partial charge is 0.0827 e. The summed E-state index contributed by atoms with van der Waals surface area (Å²) >= 11 is 0. The molecule has 0 heterocycles. The Morgan fingerprint density at radius 1 is 1.70 bits per heavy atom. The van der Waals surface area contributed by atoms with Gasteiger partial charge in [0, 0.05) is 0 Å². The van der Waals surface area contributed by atoms with E-state index in [4.69, 9.17) is 12.3 Å². The van der Waals surface area contributed by atoms with E-state index in [0.717, 1.165) is 13.0 Å². The topological polar surface area (TPSA) is 41.3 Å². The fourth-order valence-electron chi connectivity index (χ4n) is 0.602. The van der Waals surface area contributed by atoms with Crippen molar-refractivity contribution in [3.05, 3.63) is 0 Å². The molecule has 0 aromatic rings. The van der Waals surface area contributed by atoms with Gasteiger partial charge in [0.25, 0.3) is 0 Å². The maximum absolute atomic E-state index is 5.16. The lowest BCUT2D eigenvalue weighted by Gasteiger charge is -2.12. The first-order valence-electron chi connectivity index (χ1n) is 3.27. The lowest BCUT2D eigenvalue weighted by Crippen LogP contribution is -2.36. The fraction of sp³-hybridized carbons (Fsp3) is 0.714. The highest BCUT2D eigenvalue weighted by molar-refractivity contribution is 4.97. The van der Waals surface area contributed by atoms with Crippen molar-refractivity contribution in [3.8, 4) is 12.3 Å². The molecule has 3 heteroatoms. The Bertz CT molecular complexity index is 115. The van der Waals surface area contributed by atoms with Gasteiger partial charge in [0.15, 0.2) is 0 Å². The maximum atomic E-state index is 5.16. The Morgan fingerprint density at radius 2 is 2.30 bits per heavy atom. The third kappa shape index (κ3) is 4.33. The molecular formula is C7H15N3. The lowest BCUT2D eigenvalue weighted by atomic mass is 10.2. The van der Waals surface area contributed by atoms with Gasteiger partial charge in [0.05, 0.1) is 6.04 Å². The summed E-state index contributed by atoms with van der Waals surface area (Å²) in [6, 6.07) is 0.00222. The van der Waals surface area contributed by atoms with Gasteiger partial charge in [0.2, 0.25) is 0 Å². The lowest BCUT2D eigenvalue weighted by molar-refractivity contribution is 0.381. The van der Waals surface area contributed by atoms with Crippen LogP contribution in [0.1, 0.15) is 6.42 Å². The molecule has 1 atom stereocenters. The average molecular weight is 141 g/mol. The van der Waals surface area contributed by atoms with Gasteiger partial charge in [-0.3, -0.25) is 5.84 Å². The van der Waals surface area contributed by atoms with Crippen molar-refractivity contribution in [1.82, 2.24) is 10.3 Å². The summed E-state index contributed by atoms with van der Waals surface area (Å²) in [6.45, 7) is 0.957. The standard InChI is InChI=1S/C7H15N3/c1-4-7(9-8)5-6-10(2)3/h1,7,9H,5-6,8H2,2-3H3. The van der Waals surface area contributed by atoms with Crippen LogP contribution in [0, 0.1) is 12.3 Å². The van der Waals surface area contributed by atoms with Crippen molar-refractivity contribution in [3.63, 3.8) is 0 Å². The summed E-state index contributed by atoms with van der Waals surface area (Å²) < 4.78 is 0. The van der Waals surface area contributed by atoms with E-state index in [0.29, 0.717) is 0 Å². The number of hydrogen-bond acceptors (Lipinski definition) is 3. The van der Waals surface area contributed by atoms with Crippen molar-refractivity contribution in [2.45, 2.75) is 12.5 Å². The summed E-state index contributed by atoms with van der Waals surface area (Å²) in [6.07, 6.45) is 6.05. The van der Waals surface area contributed by atoms with Gasteiger partial charge in [-0.15, -0.1) is 6.42 Å². The second kappa shape index (κ2) is 5.24. The number of nitrogens with two attached hydrogens (primary N) is 1. The van der Waals surface area contributed by atoms with Crippen molar-refractivity contribution in [2.24, 2.45) is 5.84 Å². The van der Waals surface area contributed by atoms with Crippen molar-refractivity contribution in [2.75, 3.05) is 20.6 Å². The van der Waals surface area contributed by atoms with Gasteiger partial charge in [-0.25, -0.2) is 5.43 Å². The van der Waals surface area contributed by atoms with E-state index in [1.807, 2.05) is 14.1 Å². The van der Waals surface area contributed by atoms with Crippen molar-refractivity contribution < 1.29 is 0 Å². The Kier molecular flexibility index (Phi) is 4.95. The summed E-state index contributed by atoms with van der Waals surface area (Å²) in [4.78, 5) is 2.07. The highest BCUT2D eigenvalue weighted by atomic mass is 15.2. The second-order valence-corrected chi connectivity index (χ2v) is 2.48. The predicted molar refractivity (Wildman–Crippen MR) is 43.1 cm³/mol. The Morgan fingerprint density at radius 3 is 2.60 bits per heavy atom. The van der Waals surface area contributed by atoms with E-state index >= 15 is 0 Å². The van der Waals surface area contributed by atoms with Crippen LogP contribution >= 0.6 is 0 Å². The number of terminal acetylenes is 1. The Labute approximate surface area is 62.5 Å². The minimum Gasteiger partial charge on any atom is -0.309 e. The van der Waals surface area contributed by atoms with E-state index < -0.39 is 0 Å². The minimum atomic E-state index is 0.00222. The average Bonchev–Trinajstić information content (AvgIpc) is 1.90. The van der Waals surface area contributed by atoms with Crippen LogP contribution in [-0.2, 0) is 0 Å². The summed E-state index contributed by atoms with van der Waals surface area (Å²) in [5.74, 6) is 7.70. The highest BCUT2D eigenvalue weighted by Crippen LogP contribution is 1.88. The molecule has 0 aliphatic heterocycles. The van der Waals surface area contributed by atoms with Crippen LogP contribution in [0.3, 0.4) is 0 Å². The molecule has 0 rings (SSSR count). The molecule has 3 nitrogen and oxygen atoms in total. The molecule has 0 radical (unpaired) electrons. The number of nitrogens with zero attached hydrogens (tertiary/aromatic N) is 1. The molecule has 0 bridgehead atoms. The van der Waals surface area contributed by atoms with E-state index in [9.17, 15) is 0 Å². The molecule has 0 aromatic heterocycles. The zero-order valence-electron chi connectivity index (χ0n) is 6.59. The zero-order valence-corrected chi connectivity index (χ0v) is 6.59. The summed E-state index contributed by atoms with van der Waals surface area (Å²) in [5, 5.41) is 0. The molecule has 0 aliphatic rings. The van der Waals surface area contributed by atoms with Crippen LogP contribution in [0.15, 0.2) is 0 Å². The fourth-order valence-corrected chi connectivity index (χ4v) is 0.602. The third-order valence-electron chi connectivity index (χ3n) is 1.27. The van der Waals surface area contributed by atoms with Crippen LogP contribution in [-0.4, -0.2) is 31.6 Å². The number of hydrogen-bond donors (Lipinski definition) is 2. The van der Waals surface area contributed by atoms with Crippen LogP contribution in [0.25, 0.3) is 0 Å². The first-order chi connectivity index (χ1) is 4.70.